The van der Waals surface area contributed by atoms with E-state index in [-0.39, 0.29) is 26.2 Å². The second-order valence-corrected chi connectivity index (χ2v) is 5.24. The van der Waals surface area contributed by atoms with Gasteiger partial charge in [-0.3, -0.25) is 19.6 Å². The quantitative estimate of drug-likeness (QED) is 0.282. The number of nitrogens with two attached hydrogens (primary N) is 1. The predicted octanol–water partition coefficient (Wildman–Crippen LogP) is 2.50. The number of nitrogens with one attached hydrogen (secondary N) is 3. The molecule has 6 N–H and O–H groups in total. The Labute approximate surface area is 168 Å². The number of carbonyl (C=O) groups excluding carboxylic acids is 4. The molecule has 0 aliphatic carbocycles. The van der Waals surface area contributed by atoms with Crippen molar-refractivity contribution in [3.8, 4) is 5.75 Å². The van der Waals surface area contributed by atoms with Crippen LogP contribution in [0, 0.1) is 0 Å². The largest absolute Gasteiger partial charge is 0.411 e. The lowest BCUT2D eigenvalue weighted by molar-refractivity contribution is -0.123. The number of hydrogen-bond acceptors (Lipinski definition) is 6. The van der Waals surface area contributed by atoms with Gasteiger partial charge >= 0.3 is 6.09 Å². The van der Waals surface area contributed by atoms with Crippen LogP contribution in [0.5, 0.6) is 5.75 Å². The summed E-state index contributed by atoms with van der Waals surface area (Å²) in [6.45, 7) is 0. The summed E-state index contributed by atoms with van der Waals surface area (Å²) in [6.07, 6.45) is -1.38. The highest BCUT2D eigenvalue weighted by atomic mass is 16.5. The number of primary amides is 1. The van der Waals surface area contributed by atoms with Crippen LogP contribution in [0.25, 0.3) is 0 Å². The molecule has 0 aromatic heterocycles. The van der Waals surface area contributed by atoms with Crippen molar-refractivity contribution in [2.24, 2.45) is 5.73 Å². The molecule has 0 saturated heterocycles. The summed E-state index contributed by atoms with van der Waals surface area (Å²) in [4.78, 5) is 45.6. The maximum atomic E-state index is 11.9. The van der Waals surface area contributed by atoms with E-state index < -0.39 is 30.2 Å². The Morgan fingerprint density at radius 2 is 1.28 bits per heavy atom. The molecule has 0 saturated carbocycles. The third kappa shape index (κ3) is 8.10. The fourth-order valence-corrected chi connectivity index (χ4v) is 2.05. The normalized spacial score (nSPS) is 9.14. The molecular weight excluding hydrogens is 380 g/mol. The monoisotopic (exact) mass is 404 g/mol. The fourth-order valence-electron chi connectivity index (χ4n) is 2.05. The van der Waals surface area contributed by atoms with Crippen molar-refractivity contribution < 1.29 is 29.1 Å². The van der Waals surface area contributed by atoms with Gasteiger partial charge in [0.05, 0.1) is 0 Å². The molecule has 0 aliphatic heterocycles. The van der Waals surface area contributed by atoms with Gasteiger partial charge in [-0.25, -0.2) is 10.3 Å². The van der Waals surface area contributed by atoms with Gasteiger partial charge in [0, 0.05) is 16.9 Å². The molecule has 0 atom stereocenters. The van der Waals surface area contributed by atoms with E-state index in [1.807, 2.05) is 0 Å². The van der Waals surface area contributed by atoms with Crippen LogP contribution in [-0.2, 0) is 9.59 Å². The van der Waals surface area contributed by atoms with Gasteiger partial charge in [-0.2, -0.15) is 0 Å². The molecule has 0 aliphatic rings. The first-order chi connectivity index (χ1) is 12.9. The average Bonchev–Trinajstić information content (AvgIpc) is 2.62. The minimum atomic E-state index is -0.950. The van der Waals surface area contributed by atoms with Crippen molar-refractivity contribution in [2.45, 2.75) is 21.3 Å². The number of hydrogen-bond donors (Lipinski definition) is 5. The van der Waals surface area contributed by atoms with Gasteiger partial charge in [-0.1, -0.05) is 14.9 Å². The van der Waals surface area contributed by atoms with Crippen LogP contribution in [0.4, 0.5) is 16.2 Å². The summed E-state index contributed by atoms with van der Waals surface area (Å²) in [5, 5.41) is 13.6. The molecule has 10 heteroatoms. The second kappa shape index (κ2) is 11.7. The zero-order valence-corrected chi connectivity index (χ0v) is 13.9. The number of ether oxygens (including phenoxy) is 1. The zero-order valence-electron chi connectivity index (χ0n) is 13.9. The molecule has 0 bridgehead atoms. The first-order valence-electron chi connectivity index (χ1n) is 7.59. The number of anilines is 2. The van der Waals surface area contributed by atoms with Crippen LogP contribution in [0.1, 0.15) is 31.6 Å². The van der Waals surface area contributed by atoms with Crippen molar-refractivity contribution in [1.29, 1.82) is 0 Å². The summed E-state index contributed by atoms with van der Waals surface area (Å²) in [7, 11) is 0. The van der Waals surface area contributed by atoms with Gasteiger partial charge in [-0.15, -0.1) is 0 Å². The SMILES string of the molecule is C.C.NC(=O)Oc1ccc(NC(=O)CC(=O)Nc2ccc(C(=O)NO)cc2)cc1. The second-order valence-electron chi connectivity index (χ2n) is 5.24. The standard InChI is InChI=1S/C17H16N4O6.2CH4/c18-17(25)27-13-7-5-12(6-8-13)20-15(23)9-14(22)19-11-3-1-10(2-4-11)16(24)21-26;;/h1-8,26H,9H2,(H2,18,25)(H,19,22)(H,20,23)(H,21,24);2*1H4. The molecule has 2 aromatic rings. The minimum Gasteiger partial charge on any atom is -0.411 e. The average molecular weight is 404 g/mol. The molecule has 4 amide bonds. The molecule has 29 heavy (non-hydrogen) atoms. The first kappa shape index (κ1) is 25.1. The number of rotatable bonds is 6. The smallest absolute Gasteiger partial charge is 0.409 e. The number of benzene rings is 2. The van der Waals surface area contributed by atoms with Gasteiger partial charge in [-0.05, 0) is 48.5 Å². The highest BCUT2D eigenvalue weighted by Crippen LogP contribution is 2.16. The Morgan fingerprint density at radius 3 is 1.69 bits per heavy atom. The Morgan fingerprint density at radius 1 is 0.828 bits per heavy atom. The Bertz CT molecular complexity index is 850. The summed E-state index contributed by atoms with van der Waals surface area (Å²) in [5.74, 6) is -1.57. The first-order valence-corrected chi connectivity index (χ1v) is 7.59. The lowest BCUT2D eigenvalue weighted by Gasteiger charge is -2.08. The van der Waals surface area contributed by atoms with Crippen LogP contribution in [0.15, 0.2) is 48.5 Å². The predicted molar refractivity (Wildman–Crippen MR) is 108 cm³/mol. The highest BCUT2D eigenvalue weighted by Gasteiger charge is 2.11. The molecule has 10 nitrogen and oxygen atoms in total. The van der Waals surface area contributed by atoms with Crippen molar-refractivity contribution >= 4 is 35.2 Å². The Hall–Kier alpha value is -3.92. The number of hydroxylamine groups is 1. The fraction of sp³-hybridized carbons (Fsp3) is 0.158. The van der Waals surface area contributed by atoms with E-state index >= 15 is 0 Å². The third-order valence-corrected chi connectivity index (χ3v) is 3.21. The molecule has 2 rings (SSSR count). The van der Waals surface area contributed by atoms with Crippen LogP contribution >= 0.6 is 0 Å². The van der Waals surface area contributed by atoms with Crippen LogP contribution in [0.2, 0.25) is 0 Å². The molecule has 0 radical (unpaired) electrons. The van der Waals surface area contributed by atoms with Gasteiger partial charge in [0.1, 0.15) is 12.2 Å². The van der Waals surface area contributed by atoms with Crippen molar-refractivity contribution in [1.82, 2.24) is 5.48 Å². The Balaban J connectivity index is 0.00000392. The maximum absolute atomic E-state index is 11.9. The molecule has 0 fully saturated rings. The molecule has 0 heterocycles. The topological polar surface area (TPSA) is 160 Å². The van der Waals surface area contributed by atoms with Crippen molar-refractivity contribution in [2.75, 3.05) is 10.6 Å². The van der Waals surface area contributed by atoms with E-state index in [1.165, 1.54) is 54.0 Å². The van der Waals surface area contributed by atoms with E-state index in [0.29, 0.717) is 11.4 Å². The van der Waals surface area contributed by atoms with E-state index in [0.717, 1.165) is 0 Å². The van der Waals surface area contributed by atoms with E-state index in [1.54, 1.807) is 0 Å². The van der Waals surface area contributed by atoms with Gasteiger partial charge in [0.15, 0.2) is 0 Å². The van der Waals surface area contributed by atoms with E-state index in [4.69, 9.17) is 10.9 Å². The zero-order chi connectivity index (χ0) is 19.8. The Kier molecular flexibility index (Phi) is 10.1. The van der Waals surface area contributed by atoms with Crippen molar-refractivity contribution in [3.63, 3.8) is 0 Å². The van der Waals surface area contributed by atoms with Crippen LogP contribution in [-0.4, -0.2) is 29.0 Å². The summed E-state index contributed by atoms with van der Waals surface area (Å²) in [5.41, 5.74) is 7.38. The molecule has 0 spiro atoms. The highest BCUT2D eigenvalue weighted by molar-refractivity contribution is 6.08. The number of carbonyl (C=O) groups is 4. The molecular formula is C19H24N4O6. The maximum Gasteiger partial charge on any atom is 0.409 e. The lowest BCUT2D eigenvalue weighted by atomic mass is 10.2. The van der Waals surface area contributed by atoms with Gasteiger partial charge < -0.3 is 21.1 Å². The van der Waals surface area contributed by atoms with E-state index in [9.17, 15) is 19.2 Å². The number of amides is 4. The molecule has 2 aromatic carbocycles. The summed E-state index contributed by atoms with van der Waals surface area (Å²) < 4.78 is 4.66. The van der Waals surface area contributed by atoms with Crippen LogP contribution in [0.3, 0.4) is 0 Å². The molecule has 0 unspecified atom stereocenters. The lowest BCUT2D eigenvalue weighted by Crippen LogP contribution is -2.22. The summed E-state index contributed by atoms with van der Waals surface area (Å²) >= 11 is 0. The van der Waals surface area contributed by atoms with Crippen LogP contribution < -0.4 is 26.6 Å². The molecule has 156 valence electrons. The van der Waals surface area contributed by atoms with Gasteiger partial charge in [0.2, 0.25) is 11.8 Å². The third-order valence-electron chi connectivity index (χ3n) is 3.21. The van der Waals surface area contributed by atoms with Crippen molar-refractivity contribution in [3.05, 3.63) is 54.1 Å². The van der Waals surface area contributed by atoms with Gasteiger partial charge in [0.25, 0.3) is 5.91 Å². The minimum absolute atomic E-state index is 0. The summed E-state index contributed by atoms with van der Waals surface area (Å²) in [6, 6.07) is 11.6. The van der Waals surface area contributed by atoms with E-state index in [2.05, 4.69) is 15.4 Å².